The molecule has 0 aromatic heterocycles. The zero-order valence-corrected chi connectivity index (χ0v) is 25.2. The van der Waals surface area contributed by atoms with Crippen LogP contribution in [0, 0.1) is 6.92 Å². The van der Waals surface area contributed by atoms with Gasteiger partial charge in [-0.25, -0.2) is 4.31 Å². The monoisotopic (exact) mass is 526 g/mol. The number of rotatable bonds is 14. The van der Waals surface area contributed by atoms with Crippen molar-refractivity contribution in [1.29, 1.82) is 0 Å². The topological polar surface area (TPSA) is 6.48 Å². The molecule has 0 spiro atoms. The lowest BCUT2D eigenvalue weighted by atomic mass is 9.95. The van der Waals surface area contributed by atoms with Gasteiger partial charge < -0.3 is 4.31 Å². The molecule has 0 bridgehead atoms. The van der Waals surface area contributed by atoms with Crippen molar-refractivity contribution in [3.63, 3.8) is 0 Å². The van der Waals surface area contributed by atoms with Gasteiger partial charge in [0.05, 0.1) is 0 Å². The molecule has 0 heterocycles. The second-order valence-corrected chi connectivity index (χ2v) is 11.7. The van der Waals surface area contributed by atoms with Gasteiger partial charge in [-0.15, -0.1) is 0 Å². The van der Waals surface area contributed by atoms with E-state index in [1.165, 1.54) is 56.6 Å². The Morgan fingerprint density at radius 1 is 0.789 bits per heavy atom. The molecule has 2 nitrogen and oxygen atoms in total. The van der Waals surface area contributed by atoms with Crippen LogP contribution in [0.15, 0.2) is 90.5 Å². The van der Waals surface area contributed by atoms with E-state index in [9.17, 15) is 0 Å². The SMILES string of the molecule is C=C(C/C(C)=C(\C)CCCc1ccc(CN(CC)SN(C)c2ccc(CC)cc2)cc1)c1ccc(C)cc1. The Bertz CT molecular complexity index is 1170. The van der Waals surface area contributed by atoms with E-state index in [1.807, 2.05) is 0 Å². The predicted octanol–water partition coefficient (Wildman–Crippen LogP) is 9.84. The lowest BCUT2D eigenvalue weighted by Gasteiger charge is -2.26. The maximum Gasteiger partial charge on any atom is 0.0478 e. The highest BCUT2D eigenvalue weighted by molar-refractivity contribution is 7.98. The van der Waals surface area contributed by atoms with E-state index < -0.39 is 0 Å². The second-order valence-electron chi connectivity index (χ2n) is 10.4. The Morgan fingerprint density at radius 2 is 1.39 bits per heavy atom. The van der Waals surface area contributed by atoms with Gasteiger partial charge in [0.1, 0.15) is 0 Å². The quantitative estimate of drug-likeness (QED) is 0.152. The fourth-order valence-corrected chi connectivity index (χ4v) is 5.39. The fraction of sp³-hybridized carbons (Fsp3) is 0.371. The number of benzene rings is 3. The average molecular weight is 527 g/mol. The minimum Gasteiger partial charge on any atom is -0.306 e. The summed E-state index contributed by atoms with van der Waals surface area (Å²) in [6, 6.07) is 26.8. The van der Waals surface area contributed by atoms with Gasteiger partial charge in [-0.05, 0) is 92.8 Å². The first-order valence-electron chi connectivity index (χ1n) is 14.0. The predicted molar refractivity (Wildman–Crippen MR) is 170 cm³/mol. The summed E-state index contributed by atoms with van der Waals surface area (Å²) in [6.07, 6.45) is 5.47. The first-order valence-corrected chi connectivity index (χ1v) is 14.8. The van der Waals surface area contributed by atoms with Gasteiger partial charge in [0, 0.05) is 38.0 Å². The van der Waals surface area contributed by atoms with Crippen LogP contribution in [0.25, 0.3) is 5.57 Å². The number of aryl methyl sites for hydroxylation is 3. The zero-order chi connectivity index (χ0) is 27.5. The van der Waals surface area contributed by atoms with Crippen LogP contribution in [0.3, 0.4) is 0 Å². The first kappa shape index (κ1) is 29.8. The molecular formula is C35H46N2S. The Balaban J connectivity index is 1.46. The Hall–Kier alpha value is -2.75. The summed E-state index contributed by atoms with van der Waals surface area (Å²) in [4.78, 5) is 0. The third kappa shape index (κ3) is 9.22. The van der Waals surface area contributed by atoms with Gasteiger partial charge in [0.25, 0.3) is 0 Å². The van der Waals surface area contributed by atoms with Crippen molar-refractivity contribution in [1.82, 2.24) is 4.31 Å². The summed E-state index contributed by atoms with van der Waals surface area (Å²) in [5, 5.41) is 0. The Kier molecular flexibility index (Phi) is 11.8. The number of anilines is 1. The van der Waals surface area contributed by atoms with Gasteiger partial charge in [0.15, 0.2) is 0 Å². The van der Waals surface area contributed by atoms with Crippen molar-refractivity contribution >= 4 is 23.4 Å². The average Bonchev–Trinajstić information content (AvgIpc) is 2.93. The molecular weight excluding hydrogens is 480 g/mol. The van der Waals surface area contributed by atoms with E-state index in [0.29, 0.717) is 0 Å². The number of hydrogen-bond donors (Lipinski definition) is 0. The van der Waals surface area contributed by atoms with E-state index in [-0.39, 0.29) is 0 Å². The molecule has 3 rings (SSSR count). The molecule has 0 saturated carbocycles. The van der Waals surface area contributed by atoms with Crippen LogP contribution < -0.4 is 4.31 Å². The summed E-state index contributed by atoms with van der Waals surface area (Å²) >= 11 is 1.79. The summed E-state index contributed by atoms with van der Waals surface area (Å²) in [5.41, 5.74) is 12.1. The normalized spacial score (nSPS) is 12.0. The molecule has 0 fully saturated rings. The molecule has 0 saturated heterocycles. The van der Waals surface area contributed by atoms with Crippen molar-refractivity contribution in [3.8, 4) is 0 Å². The maximum absolute atomic E-state index is 4.34. The lowest BCUT2D eigenvalue weighted by Crippen LogP contribution is -2.22. The smallest absolute Gasteiger partial charge is 0.0478 e. The molecule has 0 atom stereocenters. The van der Waals surface area contributed by atoms with Crippen LogP contribution in [-0.2, 0) is 19.4 Å². The highest BCUT2D eigenvalue weighted by Gasteiger charge is 2.10. The van der Waals surface area contributed by atoms with Crippen LogP contribution in [-0.4, -0.2) is 17.9 Å². The maximum atomic E-state index is 4.34. The molecule has 3 aromatic rings. The largest absolute Gasteiger partial charge is 0.306 e. The van der Waals surface area contributed by atoms with Crippen LogP contribution in [0.1, 0.15) is 74.8 Å². The molecule has 0 aliphatic carbocycles. The summed E-state index contributed by atoms with van der Waals surface area (Å²) < 4.78 is 4.66. The second kappa shape index (κ2) is 15.0. The van der Waals surface area contributed by atoms with E-state index >= 15 is 0 Å². The third-order valence-corrected chi connectivity index (χ3v) is 8.44. The molecule has 0 N–H and O–H groups in total. The molecule has 3 aromatic carbocycles. The van der Waals surface area contributed by atoms with Crippen LogP contribution in [0.5, 0.6) is 0 Å². The van der Waals surface area contributed by atoms with Crippen molar-refractivity contribution in [3.05, 3.63) is 118 Å². The van der Waals surface area contributed by atoms with Crippen molar-refractivity contribution < 1.29 is 0 Å². The van der Waals surface area contributed by atoms with Gasteiger partial charge in [-0.1, -0.05) is 97.8 Å². The van der Waals surface area contributed by atoms with E-state index in [0.717, 1.165) is 38.8 Å². The lowest BCUT2D eigenvalue weighted by molar-refractivity contribution is 0.492. The number of hydrogen-bond acceptors (Lipinski definition) is 3. The van der Waals surface area contributed by atoms with Gasteiger partial charge >= 0.3 is 0 Å². The van der Waals surface area contributed by atoms with Gasteiger partial charge in [-0.3, -0.25) is 0 Å². The first-order chi connectivity index (χ1) is 18.3. The molecule has 0 amide bonds. The molecule has 0 radical (unpaired) electrons. The highest BCUT2D eigenvalue weighted by atomic mass is 32.2. The minimum absolute atomic E-state index is 0.935. The van der Waals surface area contributed by atoms with E-state index in [4.69, 9.17) is 0 Å². The highest BCUT2D eigenvalue weighted by Crippen LogP contribution is 2.26. The summed E-state index contributed by atoms with van der Waals surface area (Å²) in [5.74, 6) is 0. The number of allylic oxidation sites excluding steroid dienone is 3. The summed E-state index contributed by atoms with van der Waals surface area (Å²) in [6.45, 7) is 17.4. The van der Waals surface area contributed by atoms with Gasteiger partial charge in [0.2, 0.25) is 0 Å². The van der Waals surface area contributed by atoms with Gasteiger partial charge in [-0.2, -0.15) is 0 Å². The van der Waals surface area contributed by atoms with Crippen molar-refractivity contribution in [2.24, 2.45) is 0 Å². The van der Waals surface area contributed by atoms with Crippen molar-refractivity contribution in [2.45, 2.75) is 73.3 Å². The Labute approximate surface area is 236 Å². The van der Waals surface area contributed by atoms with Crippen LogP contribution in [0.4, 0.5) is 5.69 Å². The fourth-order valence-electron chi connectivity index (χ4n) is 4.51. The van der Waals surface area contributed by atoms with Crippen molar-refractivity contribution in [2.75, 3.05) is 17.9 Å². The van der Waals surface area contributed by atoms with E-state index in [1.54, 1.807) is 12.1 Å². The van der Waals surface area contributed by atoms with Crippen LogP contribution >= 0.6 is 12.1 Å². The standard InChI is InChI=1S/C35H46N2S/c1-8-31-19-23-35(24-20-31)36(7)38-37(9-2)26-33-17-15-32(16-18-33)12-10-11-28(4)29(5)25-30(6)34-21-13-27(3)14-22-34/h13-24H,6,8-12,25-26H2,1-5,7H3/b29-28+. The number of nitrogens with zero attached hydrogens (tertiary/aromatic N) is 2. The Morgan fingerprint density at radius 3 is 2.00 bits per heavy atom. The minimum atomic E-state index is 0.935. The third-order valence-electron chi connectivity index (χ3n) is 7.36. The molecule has 3 heteroatoms. The molecule has 0 aliphatic heterocycles. The molecule has 0 unspecified atom stereocenters. The molecule has 0 aliphatic rings. The van der Waals surface area contributed by atoms with E-state index in [2.05, 4.69) is 130 Å². The molecule has 38 heavy (non-hydrogen) atoms. The summed E-state index contributed by atoms with van der Waals surface area (Å²) in [7, 11) is 2.15. The van der Waals surface area contributed by atoms with Crippen LogP contribution in [0.2, 0.25) is 0 Å². The molecule has 202 valence electrons. The zero-order valence-electron chi connectivity index (χ0n) is 24.4.